The molecule has 1 N–H and O–H groups in total. The van der Waals surface area contributed by atoms with Crippen LogP contribution in [0.25, 0.3) is 0 Å². The Bertz CT molecular complexity index is 241. The highest BCUT2D eigenvalue weighted by atomic mass is 16.2. The standard InChI is InChI=1S/C12H23N3O/c1-10(2)12(16)15-8-11(9-15)14-6-3-4-13-5-7-14/h10-11,13H,3-9H2,1-2H3. The minimum Gasteiger partial charge on any atom is -0.339 e. The van der Waals surface area contributed by atoms with E-state index in [1.165, 1.54) is 13.0 Å². The molecule has 1 amide bonds. The minimum atomic E-state index is 0.145. The highest BCUT2D eigenvalue weighted by Gasteiger charge is 2.35. The Labute approximate surface area is 98.0 Å². The summed E-state index contributed by atoms with van der Waals surface area (Å²) in [6, 6.07) is 0.614. The molecule has 0 spiro atoms. The summed E-state index contributed by atoms with van der Waals surface area (Å²) < 4.78 is 0. The summed E-state index contributed by atoms with van der Waals surface area (Å²) in [5.41, 5.74) is 0. The number of hydrogen-bond acceptors (Lipinski definition) is 3. The molecule has 2 heterocycles. The molecule has 4 nitrogen and oxygen atoms in total. The molecule has 0 aromatic heterocycles. The molecule has 92 valence electrons. The molecule has 2 aliphatic rings. The molecule has 2 saturated heterocycles. The molecule has 0 aliphatic carbocycles. The van der Waals surface area contributed by atoms with Crippen LogP contribution in [0.3, 0.4) is 0 Å². The molecule has 0 bridgehead atoms. The van der Waals surface area contributed by atoms with Crippen molar-refractivity contribution in [2.24, 2.45) is 5.92 Å². The van der Waals surface area contributed by atoms with E-state index in [0.717, 1.165) is 32.7 Å². The van der Waals surface area contributed by atoms with Crippen LogP contribution < -0.4 is 5.32 Å². The van der Waals surface area contributed by atoms with Gasteiger partial charge in [-0.15, -0.1) is 0 Å². The van der Waals surface area contributed by atoms with Gasteiger partial charge in [0.2, 0.25) is 5.91 Å². The second-order valence-electron chi connectivity index (χ2n) is 5.19. The third-order valence-corrected chi connectivity index (χ3v) is 3.56. The summed E-state index contributed by atoms with van der Waals surface area (Å²) in [5, 5.41) is 3.41. The average Bonchev–Trinajstić information content (AvgIpc) is 2.44. The highest BCUT2D eigenvalue weighted by Crippen LogP contribution is 2.18. The molecule has 2 aliphatic heterocycles. The molecule has 0 radical (unpaired) electrons. The lowest BCUT2D eigenvalue weighted by Crippen LogP contribution is -2.62. The van der Waals surface area contributed by atoms with Crippen molar-refractivity contribution in [1.29, 1.82) is 0 Å². The zero-order valence-corrected chi connectivity index (χ0v) is 10.4. The number of likely N-dealkylation sites (tertiary alicyclic amines) is 1. The van der Waals surface area contributed by atoms with Crippen molar-refractivity contribution in [3.63, 3.8) is 0 Å². The summed E-state index contributed by atoms with van der Waals surface area (Å²) in [6.07, 6.45) is 1.23. The van der Waals surface area contributed by atoms with Crippen LogP contribution in [0.15, 0.2) is 0 Å². The van der Waals surface area contributed by atoms with E-state index in [9.17, 15) is 4.79 Å². The van der Waals surface area contributed by atoms with Gasteiger partial charge in [-0.3, -0.25) is 9.69 Å². The van der Waals surface area contributed by atoms with Gasteiger partial charge in [0.15, 0.2) is 0 Å². The second kappa shape index (κ2) is 5.15. The van der Waals surface area contributed by atoms with Crippen molar-refractivity contribution in [2.75, 3.05) is 39.3 Å². The topological polar surface area (TPSA) is 35.6 Å². The van der Waals surface area contributed by atoms with Gasteiger partial charge in [0.05, 0.1) is 0 Å². The van der Waals surface area contributed by atoms with Gasteiger partial charge < -0.3 is 10.2 Å². The van der Waals surface area contributed by atoms with Crippen LogP contribution in [-0.4, -0.2) is 61.0 Å². The summed E-state index contributed by atoms with van der Waals surface area (Å²) in [5.74, 6) is 0.455. The zero-order valence-electron chi connectivity index (χ0n) is 10.4. The number of carbonyl (C=O) groups excluding carboxylic acids is 1. The van der Waals surface area contributed by atoms with E-state index in [2.05, 4.69) is 10.2 Å². The largest absolute Gasteiger partial charge is 0.339 e. The number of carbonyl (C=O) groups is 1. The van der Waals surface area contributed by atoms with Crippen LogP contribution in [0.2, 0.25) is 0 Å². The first-order chi connectivity index (χ1) is 7.68. The van der Waals surface area contributed by atoms with Crippen LogP contribution >= 0.6 is 0 Å². The molecule has 0 atom stereocenters. The van der Waals surface area contributed by atoms with Crippen molar-refractivity contribution in [3.05, 3.63) is 0 Å². The third kappa shape index (κ3) is 2.55. The van der Waals surface area contributed by atoms with Gasteiger partial charge in [-0.25, -0.2) is 0 Å². The van der Waals surface area contributed by atoms with Crippen LogP contribution in [-0.2, 0) is 4.79 Å². The van der Waals surface area contributed by atoms with E-state index in [-0.39, 0.29) is 5.92 Å². The number of nitrogens with one attached hydrogen (secondary N) is 1. The van der Waals surface area contributed by atoms with Crippen LogP contribution in [0.1, 0.15) is 20.3 Å². The van der Waals surface area contributed by atoms with Gasteiger partial charge >= 0.3 is 0 Å². The summed E-state index contributed by atoms with van der Waals surface area (Å²) in [4.78, 5) is 16.2. The van der Waals surface area contributed by atoms with Crippen LogP contribution in [0.4, 0.5) is 0 Å². The summed E-state index contributed by atoms with van der Waals surface area (Å²) >= 11 is 0. The van der Waals surface area contributed by atoms with Gasteiger partial charge in [0, 0.05) is 38.1 Å². The lowest BCUT2D eigenvalue weighted by atomic mass is 10.0. The Morgan fingerprint density at radius 1 is 1.25 bits per heavy atom. The first kappa shape index (κ1) is 11.9. The fraction of sp³-hybridized carbons (Fsp3) is 0.917. The van der Waals surface area contributed by atoms with E-state index in [4.69, 9.17) is 0 Å². The third-order valence-electron chi connectivity index (χ3n) is 3.56. The molecular formula is C12H23N3O. The molecule has 4 heteroatoms. The monoisotopic (exact) mass is 225 g/mol. The Hall–Kier alpha value is -0.610. The van der Waals surface area contributed by atoms with E-state index >= 15 is 0 Å². The van der Waals surface area contributed by atoms with E-state index in [1.54, 1.807) is 0 Å². The molecule has 0 unspecified atom stereocenters. The van der Waals surface area contributed by atoms with Crippen LogP contribution in [0, 0.1) is 5.92 Å². The van der Waals surface area contributed by atoms with Crippen molar-refractivity contribution < 1.29 is 4.79 Å². The Morgan fingerprint density at radius 3 is 2.69 bits per heavy atom. The first-order valence-corrected chi connectivity index (χ1v) is 6.42. The predicted octanol–water partition coefficient (Wildman–Crippen LogP) is 0.149. The maximum Gasteiger partial charge on any atom is 0.225 e. The molecular weight excluding hydrogens is 202 g/mol. The number of amides is 1. The van der Waals surface area contributed by atoms with E-state index in [0.29, 0.717) is 11.9 Å². The number of nitrogens with zero attached hydrogens (tertiary/aromatic N) is 2. The maximum atomic E-state index is 11.7. The van der Waals surface area contributed by atoms with Gasteiger partial charge in [-0.2, -0.15) is 0 Å². The zero-order chi connectivity index (χ0) is 11.5. The number of rotatable bonds is 2. The fourth-order valence-corrected chi connectivity index (χ4v) is 2.46. The summed E-state index contributed by atoms with van der Waals surface area (Å²) in [7, 11) is 0. The highest BCUT2D eigenvalue weighted by molar-refractivity contribution is 5.79. The summed E-state index contributed by atoms with van der Waals surface area (Å²) in [6.45, 7) is 10.4. The smallest absolute Gasteiger partial charge is 0.225 e. The number of hydrogen-bond donors (Lipinski definition) is 1. The Kier molecular flexibility index (Phi) is 3.82. The minimum absolute atomic E-state index is 0.145. The van der Waals surface area contributed by atoms with Crippen molar-refractivity contribution >= 4 is 5.91 Å². The SMILES string of the molecule is CC(C)C(=O)N1CC(N2CCCNCC2)C1. The predicted molar refractivity (Wildman–Crippen MR) is 64.3 cm³/mol. The van der Waals surface area contributed by atoms with Gasteiger partial charge in [0.25, 0.3) is 0 Å². The lowest BCUT2D eigenvalue weighted by Gasteiger charge is -2.45. The van der Waals surface area contributed by atoms with Crippen molar-refractivity contribution in [1.82, 2.24) is 15.1 Å². The Balaban J connectivity index is 1.76. The van der Waals surface area contributed by atoms with Gasteiger partial charge in [0.1, 0.15) is 0 Å². The normalized spacial score (nSPS) is 24.3. The van der Waals surface area contributed by atoms with Crippen molar-refractivity contribution in [3.8, 4) is 0 Å². The molecule has 0 aromatic carbocycles. The fourth-order valence-electron chi connectivity index (χ4n) is 2.46. The van der Waals surface area contributed by atoms with Crippen molar-refractivity contribution in [2.45, 2.75) is 26.3 Å². The van der Waals surface area contributed by atoms with Gasteiger partial charge in [-0.05, 0) is 19.5 Å². The molecule has 0 saturated carbocycles. The van der Waals surface area contributed by atoms with Crippen LogP contribution in [0.5, 0.6) is 0 Å². The quantitative estimate of drug-likeness (QED) is 0.726. The van der Waals surface area contributed by atoms with Gasteiger partial charge in [-0.1, -0.05) is 13.8 Å². The molecule has 16 heavy (non-hydrogen) atoms. The molecule has 2 rings (SSSR count). The Morgan fingerprint density at radius 2 is 2.00 bits per heavy atom. The average molecular weight is 225 g/mol. The molecule has 0 aromatic rings. The first-order valence-electron chi connectivity index (χ1n) is 6.42. The lowest BCUT2D eigenvalue weighted by molar-refractivity contribution is -0.141. The molecule has 2 fully saturated rings. The van der Waals surface area contributed by atoms with E-state index in [1.807, 2.05) is 18.7 Å². The van der Waals surface area contributed by atoms with E-state index < -0.39 is 0 Å². The maximum absolute atomic E-state index is 11.7. The second-order valence-corrected chi connectivity index (χ2v) is 5.19.